The first-order valence-corrected chi connectivity index (χ1v) is 10.1. The van der Waals surface area contributed by atoms with E-state index in [1.807, 2.05) is 49.4 Å². The van der Waals surface area contributed by atoms with Gasteiger partial charge in [0.15, 0.2) is 0 Å². The molecule has 3 aromatic rings. The summed E-state index contributed by atoms with van der Waals surface area (Å²) in [6.45, 7) is 6.62. The first-order chi connectivity index (χ1) is 14.4. The number of carbonyl (C=O) groups excluding carboxylic acids is 1. The summed E-state index contributed by atoms with van der Waals surface area (Å²) in [6, 6.07) is 18.8. The van der Waals surface area contributed by atoms with Gasteiger partial charge < -0.3 is 10.1 Å². The number of anilines is 1. The average Bonchev–Trinajstić information content (AvgIpc) is 2.74. The molecular weight excluding hydrogens is 396 g/mol. The first-order valence-electron chi connectivity index (χ1n) is 9.73. The van der Waals surface area contributed by atoms with E-state index in [0.29, 0.717) is 23.2 Å². The van der Waals surface area contributed by atoms with Gasteiger partial charge in [0.05, 0.1) is 6.61 Å². The van der Waals surface area contributed by atoms with Gasteiger partial charge in [-0.2, -0.15) is 5.26 Å². The molecule has 152 valence electrons. The fourth-order valence-electron chi connectivity index (χ4n) is 3.04. The van der Waals surface area contributed by atoms with E-state index in [-0.39, 0.29) is 5.57 Å². The van der Waals surface area contributed by atoms with E-state index in [1.54, 1.807) is 24.3 Å². The summed E-state index contributed by atoms with van der Waals surface area (Å²) in [5, 5.41) is 14.8. The zero-order valence-electron chi connectivity index (χ0n) is 17.2. The molecule has 0 heterocycles. The second-order valence-corrected chi connectivity index (χ2v) is 7.85. The average molecular weight is 419 g/mol. The van der Waals surface area contributed by atoms with Crippen LogP contribution in [0.15, 0.2) is 60.2 Å². The molecule has 0 atom stereocenters. The smallest absolute Gasteiger partial charge is 0.266 e. The predicted octanol–water partition coefficient (Wildman–Crippen LogP) is 6.38. The van der Waals surface area contributed by atoms with Crippen LogP contribution in [0.25, 0.3) is 16.8 Å². The summed E-state index contributed by atoms with van der Waals surface area (Å²) >= 11 is 6.12. The minimum Gasteiger partial charge on any atom is -0.493 e. The number of amides is 1. The fourth-order valence-corrected chi connectivity index (χ4v) is 3.21. The minimum atomic E-state index is -0.480. The van der Waals surface area contributed by atoms with Crippen LogP contribution in [0, 0.1) is 24.2 Å². The number of rotatable bonds is 6. The Balaban J connectivity index is 1.96. The highest BCUT2D eigenvalue weighted by atomic mass is 35.5. The molecule has 0 saturated carbocycles. The SMILES string of the molecule is Cc1c(Cl)cccc1NC(=O)/C(C#N)=C/c1ccc(OCC(C)C)c2ccccc12. The van der Waals surface area contributed by atoms with Crippen molar-refractivity contribution < 1.29 is 9.53 Å². The Kier molecular flexibility index (Phi) is 6.76. The molecule has 3 rings (SSSR count). The van der Waals surface area contributed by atoms with E-state index in [0.717, 1.165) is 27.6 Å². The summed E-state index contributed by atoms with van der Waals surface area (Å²) in [4.78, 5) is 12.7. The lowest BCUT2D eigenvalue weighted by Crippen LogP contribution is -2.14. The molecule has 0 aromatic heterocycles. The van der Waals surface area contributed by atoms with E-state index < -0.39 is 5.91 Å². The number of ether oxygens (including phenoxy) is 1. The van der Waals surface area contributed by atoms with Crippen LogP contribution in [-0.2, 0) is 4.79 Å². The molecule has 4 nitrogen and oxygen atoms in total. The number of hydrogen-bond donors (Lipinski definition) is 1. The van der Waals surface area contributed by atoms with Crippen molar-refractivity contribution in [1.82, 2.24) is 0 Å². The molecule has 30 heavy (non-hydrogen) atoms. The van der Waals surface area contributed by atoms with Crippen LogP contribution in [0.2, 0.25) is 5.02 Å². The van der Waals surface area contributed by atoms with Crippen LogP contribution in [0.3, 0.4) is 0 Å². The van der Waals surface area contributed by atoms with Gasteiger partial charge in [-0.05, 0) is 53.6 Å². The molecule has 0 saturated heterocycles. The van der Waals surface area contributed by atoms with Crippen LogP contribution in [0.4, 0.5) is 5.69 Å². The van der Waals surface area contributed by atoms with Gasteiger partial charge in [0.1, 0.15) is 17.4 Å². The van der Waals surface area contributed by atoms with Crippen molar-refractivity contribution in [3.63, 3.8) is 0 Å². The molecule has 3 aromatic carbocycles. The third-order valence-electron chi connectivity index (χ3n) is 4.67. The van der Waals surface area contributed by atoms with Crippen molar-refractivity contribution in [3.05, 3.63) is 76.3 Å². The molecule has 0 fully saturated rings. The Hall–Kier alpha value is -3.29. The minimum absolute atomic E-state index is 0.00961. The molecule has 0 aliphatic carbocycles. The van der Waals surface area contributed by atoms with Crippen molar-refractivity contribution in [3.8, 4) is 11.8 Å². The van der Waals surface area contributed by atoms with Gasteiger partial charge in [0.2, 0.25) is 0 Å². The molecular formula is C25H23ClN2O2. The summed E-state index contributed by atoms with van der Waals surface area (Å²) in [5.74, 6) is 0.716. The van der Waals surface area contributed by atoms with Gasteiger partial charge in [-0.3, -0.25) is 4.79 Å². The number of fused-ring (bicyclic) bond motifs is 1. The van der Waals surface area contributed by atoms with E-state index in [2.05, 4.69) is 19.2 Å². The summed E-state index contributed by atoms with van der Waals surface area (Å²) in [7, 11) is 0. The van der Waals surface area contributed by atoms with Gasteiger partial charge in [0.25, 0.3) is 5.91 Å². The molecule has 0 spiro atoms. The van der Waals surface area contributed by atoms with Crippen LogP contribution in [-0.4, -0.2) is 12.5 Å². The van der Waals surface area contributed by atoms with Crippen LogP contribution >= 0.6 is 11.6 Å². The molecule has 0 radical (unpaired) electrons. The van der Waals surface area contributed by atoms with E-state index in [1.165, 1.54) is 0 Å². The second kappa shape index (κ2) is 9.47. The van der Waals surface area contributed by atoms with Crippen molar-refractivity contribution in [2.24, 2.45) is 5.92 Å². The summed E-state index contributed by atoms with van der Waals surface area (Å²) < 4.78 is 5.94. The van der Waals surface area contributed by atoms with Crippen molar-refractivity contribution in [1.29, 1.82) is 5.26 Å². The maximum Gasteiger partial charge on any atom is 0.266 e. The van der Waals surface area contributed by atoms with Gasteiger partial charge in [-0.15, -0.1) is 0 Å². The standard InChI is InChI=1S/C25H23ClN2O2/c1-16(2)15-30-24-12-11-18(20-7-4-5-8-21(20)24)13-19(14-27)25(29)28-23-10-6-9-22(26)17(23)3/h4-13,16H,15H2,1-3H3,(H,28,29)/b19-13+. The highest BCUT2D eigenvalue weighted by molar-refractivity contribution is 6.31. The largest absolute Gasteiger partial charge is 0.493 e. The number of carbonyl (C=O) groups is 1. The van der Waals surface area contributed by atoms with Crippen LogP contribution in [0.1, 0.15) is 25.0 Å². The Labute approximate surface area is 181 Å². The lowest BCUT2D eigenvalue weighted by molar-refractivity contribution is -0.112. The Morgan fingerprint density at radius 2 is 1.87 bits per heavy atom. The Bertz CT molecular complexity index is 1160. The fraction of sp³-hybridized carbons (Fsp3) is 0.200. The number of nitriles is 1. The monoisotopic (exact) mass is 418 g/mol. The lowest BCUT2D eigenvalue weighted by atomic mass is 10.0. The Morgan fingerprint density at radius 1 is 1.13 bits per heavy atom. The maximum atomic E-state index is 12.7. The quantitative estimate of drug-likeness (QED) is 0.373. The van der Waals surface area contributed by atoms with Crippen molar-refractivity contribution in [2.45, 2.75) is 20.8 Å². The number of benzene rings is 3. The van der Waals surface area contributed by atoms with Gasteiger partial charge in [-0.25, -0.2) is 0 Å². The van der Waals surface area contributed by atoms with E-state index >= 15 is 0 Å². The summed E-state index contributed by atoms with van der Waals surface area (Å²) in [5.41, 5.74) is 2.12. The molecule has 0 bridgehead atoms. The van der Waals surface area contributed by atoms with E-state index in [9.17, 15) is 10.1 Å². The molecule has 1 N–H and O–H groups in total. The predicted molar refractivity (Wildman–Crippen MR) is 123 cm³/mol. The van der Waals surface area contributed by atoms with Crippen LogP contribution < -0.4 is 10.1 Å². The Morgan fingerprint density at radius 3 is 2.57 bits per heavy atom. The third-order valence-corrected chi connectivity index (χ3v) is 5.08. The first kappa shape index (κ1) is 21.4. The third kappa shape index (κ3) is 4.82. The lowest BCUT2D eigenvalue weighted by Gasteiger charge is -2.13. The molecule has 1 amide bonds. The zero-order valence-corrected chi connectivity index (χ0v) is 18.0. The number of hydrogen-bond acceptors (Lipinski definition) is 3. The highest BCUT2D eigenvalue weighted by Crippen LogP contribution is 2.30. The van der Waals surface area contributed by atoms with Gasteiger partial charge >= 0.3 is 0 Å². The van der Waals surface area contributed by atoms with E-state index in [4.69, 9.17) is 16.3 Å². The summed E-state index contributed by atoms with van der Waals surface area (Å²) in [6.07, 6.45) is 1.60. The number of nitrogens with zero attached hydrogens (tertiary/aromatic N) is 1. The zero-order chi connectivity index (χ0) is 21.7. The molecule has 0 aliphatic rings. The van der Waals surface area contributed by atoms with Crippen LogP contribution in [0.5, 0.6) is 5.75 Å². The number of nitrogens with one attached hydrogen (secondary N) is 1. The molecule has 5 heteroatoms. The van der Waals surface area contributed by atoms with Gasteiger partial charge in [-0.1, -0.05) is 61.8 Å². The number of halogens is 1. The molecule has 0 aliphatic heterocycles. The van der Waals surface area contributed by atoms with Gasteiger partial charge in [0, 0.05) is 16.1 Å². The maximum absolute atomic E-state index is 12.7. The molecule has 0 unspecified atom stereocenters. The second-order valence-electron chi connectivity index (χ2n) is 7.44. The highest BCUT2D eigenvalue weighted by Gasteiger charge is 2.13. The normalized spacial score (nSPS) is 11.4. The van der Waals surface area contributed by atoms with Crippen molar-refractivity contribution in [2.75, 3.05) is 11.9 Å². The topological polar surface area (TPSA) is 62.1 Å². The van der Waals surface area contributed by atoms with Crippen molar-refractivity contribution >= 4 is 40.0 Å².